The number of aromatic nitrogens is 4. The number of para-hydroxylation sites is 2. The van der Waals surface area contributed by atoms with Crippen molar-refractivity contribution in [3.63, 3.8) is 0 Å². The first-order valence-corrected chi connectivity index (χ1v) is 23.3. The fourth-order valence-corrected chi connectivity index (χ4v) is 9.23. The molecule has 5 nitrogen and oxygen atoms in total. The van der Waals surface area contributed by atoms with Crippen molar-refractivity contribution in [1.29, 1.82) is 0 Å². The van der Waals surface area contributed by atoms with Gasteiger partial charge in [-0.2, -0.15) is 11.2 Å². The molecule has 0 saturated carbocycles. The average molecular weight is 1070 g/mol. The number of hydrogen-bond donors (Lipinski definition) is 0. The van der Waals surface area contributed by atoms with Gasteiger partial charge < -0.3 is 9.47 Å². The molecule has 7 aromatic carbocycles. The van der Waals surface area contributed by atoms with E-state index in [9.17, 15) is 0 Å². The molecule has 10 rings (SSSR count). The third-order valence-electron chi connectivity index (χ3n) is 12.9. The first-order chi connectivity index (χ1) is 32.1. The molecule has 3 heterocycles. The zero-order chi connectivity index (χ0) is 46.7. The molecule has 0 spiro atoms. The summed E-state index contributed by atoms with van der Waals surface area (Å²) in [6.45, 7) is 20.4. The Labute approximate surface area is 416 Å². The Morgan fingerprint density at radius 3 is 1.85 bits per heavy atom. The van der Waals surface area contributed by atoms with Crippen LogP contribution in [0.25, 0.3) is 66.7 Å². The van der Waals surface area contributed by atoms with E-state index in [1.54, 1.807) is 0 Å². The quantitative estimate of drug-likeness (QED) is 0.142. The van der Waals surface area contributed by atoms with Crippen LogP contribution in [0.1, 0.15) is 79.0 Å². The summed E-state index contributed by atoms with van der Waals surface area (Å²) in [6, 6.07) is 66.5. The molecule has 6 heteroatoms. The fraction of sp³-hybridized carbons (Fsp3) is 0.194. The molecular formula is C62H57N5Pt. The van der Waals surface area contributed by atoms with Gasteiger partial charge in [-0.3, -0.25) is 4.68 Å². The summed E-state index contributed by atoms with van der Waals surface area (Å²) in [5, 5.41) is 7.29. The van der Waals surface area contributed by atoms with E-state index in [4.69, 9.17) is 10.1 Å². The minimum Gasteiger partial charge on any atom is -0.358 e. The van der Waals surface area contributed by atoms with Crippen LogP contribution in [0.2, 0.25) is 0 Å². The monoisotopic (exact) mass is 1070 g/mol. The number of rotatable bonds is 8. The maximum Gasteiger partial charge on any atom is 2.00 e. The van der Waals surface area contributed by atoms with Gasteiger partial charge in [-0.1, -0.05) is 194 Å². The first kappa shape index (κ1) is 46.3. The zero-order valence-corrected chi connectivity index (χ0v) is 42.6. The van der Waals surface area contributed by atoms with Crippen molar-refractivity contribution in [3.05, 3.63) is 211 Å². The topological polar surface area (TPSA) is 38.9 Å². The summed E-state index contributed by atoms with van der Waals surface area (Å²) in [5.41, 5.74) is 16.0. The van der Waals surface area contributed by atoms with Crippen LogP contribution in [0, 0.1) is 12.1 Å². The van der Waals surface area contributed by atoms with Gasteiger partial charge in [0.2, 0.25) is 0 Å². The van der Waals surface area contributed by atoms with Crippen molar-refractivity contribution in [1.82, 2.24) is 19.3 Å². The molecule has 10 aromatic rings. The van der Waals surface area contributed by atoms with Gasteiger partial charge in [0.1, 0.15) is 5.82 Å². The van der Waals surface area contributed by atoms with E-state index in [1.165, 1.54) is 38.8 Å². The van der Waals surface area contributed by atoms with E-state index in [1.807, 2.05) is 17.1 Å². The van der Waals surface area contributed by atoms with Gasteiger partial charge in [0.05, 0.1) is 6.20 Å². The van der Waals surface area contributed by atoms with E-state index in [0.717, 1.165) is 61.7 Å². The van der Waals surface area contributed by atoms with E-state index in [2.05, 4.69) is 254 Å². The molecule has 340 valence electrons. The summed E-state index contributed by atoms with van der Waals surface area (Å²) >= 11 is 0. The second-order valence-corrected chi connectivity index (χ2v) is 20.8. The Morgan fingerprint density at radius 1 is 0.500 bits per heavy atom. The van der Waals surface area contributed by atoms with Crippen molar-refractivity contribution in [2.45, 2.75) is 78.6 Å². The van der Waals surface area contributed by atoms with E-state index in [-0.39, 0.29) is 37.3 Å². The van der Waals surface area contributed by atoms with Crippen LogP contribution in [0.5, 0.6) is 0 Å². The van der Waals surface area contributed by atoms with Gasteiger partial charge >= 0.3 is 21.1 Å². The maximum absolute atomic E-state index is 5.14. The molecule has 68 heavy (non-hydrogen) atoms. The van der Waals surface area contributed by atoms with Crippen molar-refractivity contribution >= 4 is 38.9 Å². The molecule has 0 amide bonds. The van der Waals surface area contributed by atoms with Gasteiger partial charge in [0.25, 0.3) is 0 Å². The molecule has 0 bridgehead atoms. The molecule has 0 aliphatic heterocycles. The van der Waals surface area contributed by atoms with E-state index < -0.39 is 0 Å². The third kappa shape index (κ3) is 8.88. The predicted molar refractivity (Wildman–Crippen MR) is 280 cm³/mol. The molecule has 0 fully saturated rings. The molecule has 0 aliphatic carbocycles. The van der Waals surface area contributed by atoms with Crippen LogP contribution >= 0.6 is 0 Å². The molecule has 0 saturated heterocycles. The fourth-order valence-electron chi connectivity index (χ4n) is 9.23. The summed E-state index contributed by atoms with van der Waals surface area (Å²) in [6.07, 6.45) is 6.03. The van der Waals surface area contributed by atoms with Crippen LogP contribution < -0.4 is 4.90 Å². The number of nitrogens with zero attached hydrogens (tertiary/aromatic N) is 5. The van der Waals surface area contributed by atoms with E-state index in [0.29, 0.717) is 0 Å². The Bertz CT molecular complexity index is 3410. The maximum atomic E-state index is 5.14. The Kier molecular flexibility index (Phi) is 12.3. The molecular weight excluding hydrogens is 1010 g/mol. The van der Waals surface area contributed by atoms with Crippen LogP contribution in [0.3, 0.4) is 0 Å². The van der Waals surface area contributed by atoms with Gasteiger partial charge in [-0.15, -0.1) is 41.3 Å². The molecule has 0 aliphatic rings. The largest absolute Gasteiger partial charge is 2.00 e. The Hall–Kier alpha value is -6.81. The summed E-state index contributed by atoms with van der Waals surface area (Å²) in [5.74, 6) is 0.849. The van der Waals surface area contributed by atoms with Crippen molar-refractivity contribution < 1.29 is 21.1 Å². The minimum atomic E-state index is -0.177. The Morgan fingerprint density at radius 2 is 1.15 bits per heavy atom. The van der Waals surface area contributed by atoms with Crippen molar-refractivity contribution in [3.8, 4) is 44.9 Å². The van der Waals surface area contributed by atoms with Crippen LogP contribution in [0.4, 0.5) is 17.1 Å². The zero-order valence-electron chi connectivity index (χ0n) is 40.4. The molecule has 0 atom stereocenters. The van der Waals surface area contributed by atoms with Crippen LogP contribution in [-0.2, 0) is 37.3 Å². The van der Waals surface area contributed by atoms with Gasteiger partial charge in [0, 0.05) is 29.2 Å². The summed E-state index contributed by atoms with van der Waals surface area (Å²) in [4.78, 5) is 7.42. The molecule has 0 radical (unpaired) electrons. The minimum absolute atomic E-state index is 0. The molecule has 3 aromatic heterocycles. The summed E-state index contributed by atoms with van der Waals surface area (Å²) in [7, 11) is 0. The number of hydrogen-bond acceptors (Lipinski definition) is 3. The third-order valence-corrected chi connectivity index (χ3v) is 12.9. The van der Waals surface area contributed by atoms with Gasteiger partial charge in [-0.25, -0.2) is 4.98 Å². The SMILES string of the molecule is CC(C)(C)c1cc(N(c2[c-]c3c(cc2)c2cccc(C(C)(C)C)c2n3-c2cc(-c3cccc(C(C)(C)C)c3)ccn2)c2ccccc2)[c-]c(-n2cc(-c3ccccc3-c3ccccc3)cn2)c1.[Pt+2]. The van der Waals surface area contributed by atoms with Crippen LogP contribution in [0.15, 0.2) is 182 Å². The van der Waals surface area contributed by atoms with Crippen LogP contribution in [-0.4, -0.2) is 19.3 Å². The standard InChI is InChI=1S/C62H57N5.Pt/c1-60(2,3)46-23-18-22-43(34-46)44-32-33-63-58(35-44)67-57-39-49(30-31-54(57)55-28-19-29-56(59(55)67)62(7,8)9)66(48-24-14-11-15-25-48)51-37-47(61(4,5)6)36-50(38-51)65-41-45(40-64-65)53-27-17-16-26-52(53)42-20-12-10-13-21-42;/h10-37,40-41H,1-9H3;/q-2;+2. The van der Waals surface area contributed by atoms with Gasteiger partial charge in [0.15, 0.2) is 0 Å². The Balaban J connectivity index is 0.00000578. The molecule has 0 N–H and O–H groups in total. The van der Waals surface area contributed by atoms with E-state index >= 15 is 0 Å². The predicted octanol–water partition coefficient (Wildman–Crippen LogP) is 16.3. The average Bonchev–Trinajstić information content (AvgIpc) is 3.95. The van der Waals surface area contributed by atoms with Crippen molar-refractivity contribution in [2.75, 3.05) is 4.90 Å². The number of pyridine rings is 1. The second-order valence-electron chi connectivity index (χ2n) is 20.8. The number of benzene rings is 7. The summed E-state index contributed by atoms with van der Waals surface area (Å²) < 4.78 is 4.31. The molecule has 0 unspecified atom stereocenters. The smallest absolute Gasteiger partial charge is 0.358 e. The number of anilines is 3. The first-order valence-electron chi connectivity index (χ1n) is 23.3. The van der Waals surface area contributed by atoms with Gasteiger partial charge in [-0.05, 0) is 90.5 Å². The second kappa shape index (κ2) is 18.0. The number of fused-ring (bicyclic) bond motifs is 3. The normalized spacial score (nSPS) is 12.1. The van der Waals surface area contributed by atoms with Crippen molar-refractivity contribution in [2.24, 2.45) is 0 Å².